The monoisotopic (exact) mass is 370 g/mol. The summed E-state index contributed by atoms with van der Waals surface area (Å²) in [6.45, 7) is 18.5. The van der Waals surface area contributed by atoms with Crippen LogP contribution < -0.4 is 0 Å². The Hall–Kier alpha value is -1.17. The molecule has 136 valence electrons. The van der Waals surface area contributed by atoms with Crippen molar-refractivity contribution >= 4 is 16.6 Å². The first kappa shape index (κ1) is 20.1. The van der Waals surface area contributed by atoms with E-state index in [1.165, 1.54) is 33.4 Å². The topological polar surface area (TPSA) is 9.23 Å². The van der Waals surface area contributed by atoms with Gasteiger partial charge in [0.05, 0.1) is 0 Å². The van der Waals surface area contributed by atoms with E-state index in [2.05, 4.69) is 90.3 Å². The fraction of sp³-hybridized carbons (Fsp3) is 0.455. The predicted octanol–water partition coefficient (Wildman–Crippen LogP) is 6.21. The van der Waals surface area contributed by atoms with Gasteiger partial charge < -0.3 is 4.12 Å². The molecule has 0 radical (unpaired) electrons. The molecule has 25 heavy (non-hydrogen) atoms. The van der Waals surface area contributed by atoms with E-state index in [9.17, 15) is 0 Å². The number of hydrogen-bond acceptors (Lipinski definition) is 1. The summed E-state index contributed by atoms with van der Waals surface area (Å²) >= 11 is 0. The fourth-order valence-electron chi connectivity index (χ4n) is 3.93. The van der Waals surface area contributed by atoms with Crippen LogP contribution in [0.1, 0.15) is 33.4 Å². The Morgan fingerprint density at radius 3 is 1.16 bits per heavy atom. The molecule has 1 nitrogen and oxygen atoms in total. The Kier molecular flexibility index (Phi) is 6.13. The van der Waals surface area contributed by atoms with Gasteiger partial charge in [-0.15, -0.1) is 0 Å². The van der Waals surface area contributed by atoms with Crippen LogP contribution in [0.2, 0.25) is 26.2 Å². The highest BCUT2D eigenvalue weighted by Gasteiger charge is 2.34. The van der Waals surface area contributed by atoms with E-state index in [-0.39, 0.29) is 0 Å². The van der Waals surface area contributed by atoms with Gasteiger partial charge in [-0.3, -0.25) is 0 Å². The number of benzene rings is 2. The minimum atomic E-state index is -1.77. The molecule has 0 saturated carbocycles. The molecule has 0 amide bonds. The van der Waals surface area contributed by atoms with Gasteiger partial charge in [0.25, 0.3) is 0 Å². The molecule has 2 rings (SSSR count). The lowest BCUT2D eigenvalue weighted by molar-refractivity contribution is 0.537. The van der Waals surface area contributed by atoms with Crippen LogP contribution >= 0.6 is 0 Å². The van der Waals surface area contributed by atoms with Gasteiger partial charge in [-0.05, 0) is 99.4 Å². The van der Waals surface area contributed by atoms with Gasteiger partial charge in [-0.2, -0.15) is 0 Å². The van der Waals surface area contributed by atoms with Crippen LogP contribution in [0.15, 0.2) is 36.4 Å². The van der Waals surface area contributed by atoms with E-state index in [0.29, 0.717) is 0 Å². The predicted molar refractivity (Wildman–Crippen MR) is 115 cm³/mol. The normalized spacial score (nSPS) is 12.5. The summed E-state index contributed by atoms with van der Waals surface area (Å²) in [6.07, 6.45) is 0. The summed E-state index contributed by atoms with van der Waals surface area (Å²) < 4.78 is 6.93. The Morgan fingerprint density at radius 1 is 0.600 bits per heavy atom. The Bertz CT molecular complexity index is 644. The van der Waals surface area contributed by atoms with Crippen LogP contribution in [0.3, 0.4) is 0 Å². The van der Waals surface area contributed by atoms with Crippen LogP contribution in [-0.2, 0) is 16.2 Å². The molecule has 3 heteroatoms. The minimum absolute atomic E-state index is 1.11. The molecule has 2 aromatic rings. The van der Waals surface area contributed by atoms with E-state index in [4.69, 9.17) is 4.12 Å². The molecule has 0 fully saturated rings. The summed E-state index contributed by atoms with van der Waals surface area (Å²) in [5.74, 6) is 0. The van der Waals surface area contributed by atoms with Crippen LogP contribution in [0.5, 0.6) is 0 Å². The largest absolute Gasteiger partial charge is 0.455 e. The number of aryl methyl sites for hydroxylation is 4. The highest BCUT2D eigenvalue weighted by atomic mass is 28.4. The Labute approximate surface area is 156 Å². The summed E-state index contributed by atoms with van der Waals surface area (Å²) in [5, 5.41) is 0. The summed E-state index contributed by atoms with van der Waals surface area (Å²) in [7, 11) is -3.54. The lowest BCUT2D eigenvalue weighted by Crippen LogP contribution is -2.48. The SMILES string of the molecule is Cc1cccc(C)c1C[Si](C)(C)O[Si](C)(C)Cc1c(C)cccc1C. The first-order valence-electron chi connectivity index (χ1n) is 9.31. The van der Waals surface area contributed by atoms with Crippen molar-refractivity contribution < 1.29 is 4.12 Å². The van der Waals surface area contributed by atoms with Gasteiger partial charge in [0.2, 0.25) is 0 Å². The zero-order valence-corrected chi connectivity index (χ0v) is 19.3. The van der Waals surface area contributed by atoms with Crippen molar-refractivity contribution in [1.29, 1.82) is 0 Å². The highest BCUT2D eigenvalue weighted by Crippen LogP contribution is 2.26. The summed E-state index contributed by atoms with van der Waals surface area (Å²) in [6, 6.07) is 15.4. The van der Waals surface area contributed by atoms with E-state index < -0.39 is 16.6 Å². The van der Waals surface area contributed by atoms with Crippen molar-refractivity contribution in [2.45, 2.75) is 66.0 Å². The van der Waals surface area contributed by atoms with Crippen molar-refractivity contribution in [2.75, 3.05) is 0 Å². The molecule has 0 heterocycles. The first-order chi connectivity index (χ1) is 11.5. The molecule has 0 aromatic heterocycles. The number of rotatable bonds is 6. The molecular formula is C22H34OSi2. The van der Waals surface area contributed by atoms with Crippen molar-refractivity contribution in [3.05, 3.63) is 69.8 Å². The van der Waals surface area contributed by atoms with Crippen LogP contribution in [0.25, 0.3) is 0 Å². The fourth-order valence-corrected chi connectivity index (χ4v) is 13.3. The Balaban J connectivity index is 2.18. The van der Waals surface area contributed by atoms with Crippen LogP contribution in [0.4, 0.5) is 0 Å². The molecule has 0 unspecified atom stereocenters. The van der Waals surface area contributed by atoms with Crippen LogP contribution in [-0.4, -0.2) is 16.6 Å². The molecular weight excluding hydrogens is 336 g/mol. The third kappa shape index (κ3) is 5.40. The molecule has 0 atom stereocenters. The van der Waals surface area contributed by atoms with Crippen molar-refractivity contribution in [3.63, 3.8) is 0 Å². The standard InChI is InChI=1S/C22H34OSi2/c1-17-11-9-12-18(2)21(17)15-24(5,6)23-25(7,8)16-22-19(3)13-10-14-20(22)4/h9-14H,15-16H2,1-8H3. The van der Waals surface area contributed by atoms with Crippen molar-refractivity contribution in [1.82, 2.24) is 0 Å². The van der Waals surface area contributed by atoms with Gasteiger partial charge in [-0.1, -0.05) is 36.4 Å². The van der Waals surface area contributed by atoms with E-state index in [1.807, 2.05) is 0 Å². The van der Waals surface area contributed by atoms with Gasteiger partial charge in [0, 0.05) is 0 Å². The van der Waals surface area contributed by atoms with E-state index in [0.717, 1.165) is 12.1 Å². The smallest absolute Gasteiger partial charge is 0.177 e. The first-order valence-corrected chi connectivity index (χ1v) is 15.5. The molecule has 2 aromatic carbocycles. The quantitative estimate of drug-likeness (QED) is 0.549. The lowest BCUT2D eigenvalue weighted by atomic mass is 10.1. The molecule has 0 aliphatic carbocycles. The second-order valence-electron chi connectivity index (χ2n) is 8.72. The average molecular weight is 371 g/mol. The van der Waals surface area contributed by atoms with Gasteiger partial charge in [-0.25, -0.2) is 0 Å². The zero-order valence-electron chi connectivity index (χ0n) is 17.3. The van der Waals surface area contributed by atoms with Crippen molar-refractivity contribution in [2.24, 2.45) is 0 Å². The molecule has 0 aliphatic heterocycles. The summed E-state index contributed by atoms with van der Waals surface area (Å²) in [4.78, 5) is 0. The van der Waals surface area contributed by atoms with E-state index in [1.54, 1.807) is 0 Å². The molecule has 0 N–H and O–H groups in total. The molecule has 0 spiro atoms. The maximum Gasteiger partial charge on any atom is 0.177 e. The van der Waals surface area contributed by atoms with Gasteiger partial charge >= 0.3 is 0 Å². The van der Waals surface area contributed by atoms with Gasteiger partial charge in [0.15, 0.2) is 16.6 Å². The second kappa shape index (κ2) is 7.60. The second-order valence-corrected chi connectivity index (χ2v) is 17.3. The third-order valence-electron chi connectivity index (χ3n) is 5.05. The maximum absolute atomic E-state index is 6.93. The van der Waals surface area contributed by atoms with Crippen LogP contribution in [0, 0.1) is 27.7 Å². The zero-order chi connectivity index (χ0) is 18.8. The third-order valence-corrected chi connectivity index (χ3v) is 11.9. The Morgan fingerprint density at radius 2 is 0.880 bits per heavy atom. The minimum Gasteiger partial charge on any atom is -0.455 e. The van der Waals surface area contributed by atoms with E-state index >= 15 is 0 Å². The maximum atomic E-state index is 6.93. The summed E-state index contributed by atoms with van der Waals surface area (Å²) in [5.41, 5.74) is 8.60. The number of hydrogen-bond donors (Lipinski definition) is 0. The molecule has 0 saturated heterocycles. The lowest BCUT2D eigenvalue weighted by Gasteiger charge is -2.35. The average Bonchev–Trinajstić information content (AvgIpc) is 2.46. The highest BCUT2D eigenvalue weighted by molar-refractivity contribution is 6.84. The van der Waals surface area contributed by atoms with Crippen molar-refractivity contribution in [3.8, 4) is 0 Å². The van der Waals surface area contributed by atoms with Gasteiger partial charge in [0.1, 0.15) is 0 Å². The molecule has 0 bridgehead atoms. The molecule has 0 aliphatic rings.